The summed E-state index contributed by atoms with van der Waals surface area (Å²) in [7, 11) is 0. The van der Waals surface area contributed by atoms with Gasteiger partial charge in [-0.25, -0.2) is 4.79 Å². The Balaban J connectivity index is 2.86. The van der Waals surface area contributed by atoms with E-state index in [-0.39, 0.29) is 6.54 Å². The Bertz CT molecular complexity index is 412. The topological polar surface area (TPSA) is 66.6 Å². The number of hydrogen-bond donors (Lipinski definition) is 2. The minimum atomic E-state index is -0.999. The Kier molecular flexibility index (Phi) is 5.05. The van der Waals surface area contributed by atoms with E-state index in [1.807, 2.05) is 0 Å². The van der Waals surface area contributed by atoms with Crippen LogP contribution in [-0.2, 0) is 0 Å². The molecule has 0 heterocycles. The highest BCUT2D eigenvalue weighted by atomic mass is 35.5. The monoisotopic (exact) mass is 276 g/mol. The van der Waals surface area contributed by atoms with Crippen LogP contribution < -0.4 is 5.73 Å². The summed E-state index contributed by atoms with van der Waals surface area (Å²) in [5.74, 6) is 0. The highest BCUT2D eigenvalue weighted by Gasteiger charge is 2.18. The molecule has 0 saturated carbocycles. The van der Waals surface area contributed by atoms with Gasteiger partial charge in [-0.2, -0.15) is 0 Å². The van der Waals surface area contributed by atoms with Gasteiger partial charge in [0.2, 0.25) is 0 Å². The van der Waals surface area contributed by atoms with Crippen LogP contribution in [0.1, 0.15) is 18.5 Å². The third kappa shape index (κ3) is 3.49. The molecule has 0 bridgehead atoms. The summed E-state index contributed by atoms with van der Waals surface area (Å²) in [6.07, 6.45) is -0.999. The van der Waals surface area contributed by atoms with E-state index >= 15 is 0 Å². The summed E-state index contributed by atoms with van der Waals surface area (Å²) in [6.45, 7) is 2.31. The van der Waals surface area contributed by atoms with Gasteiger partial charge in [-0.1, -0.05) is 35.3 Å². The number of hydrogen-bond acceptors (Lipinski definition) is 2. The van der Waals surface area contributed by atoms with E-state index in [0.717, 1.165) is 0 Å². The van der Waals surface area contributed by atoms with Crippen molar-refractivity contribution < 1.29 is 9.90 Å². The van der Waals surface area contributed by atoms with Crippen molar-refractivity contribution in [2.24, 2.45) is 5.73 Å². The minimum absolute atomic E-state index is 0.186. The predicted octanol–water partition coefficient (Wildman–Crippen LogP) is 2.99. The van der Waals surface area contributed by atoms with Crippen molar-refractivity contribution in [3.8, 4) is 0 Å². The molecule has 4 nitrogen and oxygen atoms in total. The molecule has 0 aliphatic carbocycles. The van der Waals surface area contributed by atoms with Gasteiger partial charge in [0.25, 0.3) is 0 Å². The molecule has 1 unspecified atom stereocenters. The standard InChI is InChI=1S/C11H14Cl2N2O2/c1-2-15(11(16)17)6-9(14)7-4-3-5-8(12)10(7)13/h3-5,9H,2,6,14H2,1H3,(H,16,17). The first-order chi connectivity index (χ1) is 7.97. The van der Waals surface area contributed by atoms with Crippen molar-refractivity contribution in [3.63, 3.8) is 0 Å². The lowest BCUT2D eigenvalue weighted by Gasteiger charge is -2.22. The van der Waals surface area contributed by atoms with E-state index in [1.165, 1.54) is 4.90 Å². The number of rotatable bonds is 4. The van der Waals surface area contributed by atoms with E-state index in [0.29, 0.717) is 22.2 Å². The fraction of sp³-hybridized carbons (Fsp3) is 0.364. The summed E-state index contributed by atoms with van der Waals surface area (Å²) in [4.78, 5) is 12.1. The molecule has 0 radical (unpaired) electrons. The highest BCUT2D eigenvalue weighted by molar-refractivity contribution is 6.42. The summed E-state index contributed by atoms with van der Waals surface area (Å²) in [5.41, 5.74) is 6.58. The smallest absolute Gasteiger partial charge is 0.407 e. The number of nitrogens with two attached hydrogens (primary N) is 1. The van der Waals surface area contributed by atoms with E-state index < -0.39 is 12.1 Å². The maximum absolute atomic E-state index is 10.9. The van der Waals surface area contributed by atoms with Crippen LogP contribution >= 0.6 is 23.2 Å². The van der Waals surface area contributed by atoms with Crippen molar-refractivity contribution in [2.75, 3.05) is 13.1 Å². The molecule has 0 saturated heterocycles. The fourth-order valence-corrected chi connectivity index (χ4v) is 1.93. The average Bonchev–Trinajstić information content (AvgIpc) is 2.28. The second-order valence-electron chi connectivity index (χ2n) is 3.57. The lowest BCUT2D eigenvalue weighted by Crippen LogP contribution is -2.36. The maximum atomic E-state index is 10.9. The Morgan fingerprint density at radius 1 is 1.53 bits per heavy atom. The van der Waals surface area contributed by atoms with Gasteiger partial charge in [-0.15, -0.1) is 0 Å². The first kappa shape index (κ1) is 14.1. The molecule has 1 atom stereocenters. The molecule has 94 valence electrons. The summed E-state index contributed by atoms with van der Waals surface area (Å²) >= 11 is 11.9. The number of likely N-dealkylation sites (N-methyl/N-ethyl adjacent to an activating group) is 1. The molecule has 0 spiro atoms. The Labute approximate surface area is 110 Å². The first-order valence-corrected chi connectivity index (χ1v) is 5.90. The van der Waals surface area contributed by atoms with Crippen LogP contribution in [-0.4, -0.2) is 29.2 Å². The lowest BCUT2D eigenvalue weighted by atomic mass is 10.1. The quantitative estimate of drug-likeness (QED) is 0.889. The van der Waals surface area contributed by atoms with Gasteiger partial charge >= 0.3 is 6.09 Å². The van der Waals surface area contributed by atoms with Crippen LogP contribution in [0.4, 0.5) is 4.79 Å². The minimum Gasteiger partial charge on any atom is -0.465 e. The SMILES string of the molecule is CCN(CC(N)c1cccc(Cl)c1Cl)C(=O)O. The first-order valence-electron chi connectivity index (χ1n) is 5.14. The van der Waals surface area contributed by atoms with Gasteiger partial charge < -0.3 is 15.7 Å². The number of halogens is 2. The van der Waals surface area contributed by atoms with Crippen molar-refractivity contribution in [3.05, 3.63) is 33.8 Å². The van der Waals surface area contributed by atoms with Gasteiger partial charge in [0.05, 0.1) is 10.0 Å². The molecule has 6 heteroatoms. The van der Waals surface area contributed by atoms with E-state index in [2.05, 4.69) is 0 Å². The molecule has 0 aliphatic rings. The molecule has 3 N–H and O–H groups in total. The van der Waals surface area contributed by atoms with Gasteiger partial charge in [0.1, 0.15) is 0 Å². The Morgan fingerprint density at radius 3 is 2.71 bits per heavy atom. The van der Waals surface area contributed by atoms with E-state index in [4.69, 9.17) is 34.0 Å². The summed E-state index contributed by atoms with van der Waals surface area (Å²) in [6, 6.07) is 4.65. The largest absolute Gasteiger partial charge is 0.465 e. The second-order valence-corrected chi connectivity index (χ2v) is 4.36. The lowest BCUT2D eigenvalue weighted by molar-refractivity contribution is 0.145. The average molecular weight is 277 g/mol. The zero-order chi connectivity index (χ0) is 13.0. The van der Waals surface area contributed by atoms with Crippen LogP contribution in [0.15, 0.2) is 18.2 Å². The third-order valence-electron chi connectivity index (χ3n) is 2.45. The predicted molar refractivity (Wildman–Crippen MR) is 68.7 cm³/mol. The van der Waals surface area contributed by atoms with E-state index in [9.17, 15) is 4.79 Å². The number of carbonyl (C=O) groups is 1. The van der Waals surface area contributed by atoms with Gasteiger partial charge in [0.15, 0.2) is 0 Å². The fourth-order valence-electron chi connectivity index (χ4n) is 1.49. The normalized spacial score (nSPS) is 12.2. The number of carboxylic acid groups (broad SMARTS) is 1. The molecular weight excluding hydrogens is 263 g/mol. The van der Waals surface area contributed by atoms with Crippen molar-refractivity contribution in [2.45, 2.75) is 13.0 Å². The molecule has 0 fully saturated rings. The zero-order valence-electron chi connectivity index (χ0n) is 9.36. The third-order valence-corrected chi connectivity index (χ3v) is 3.28. The number of nitrogens with zero attached hydrogens (tertiary/aromatic N) is 1. The highest BCUT2D eigenvalue weighted by Crippen LogP contribution is 2.29. The molecule has 17 heavy (non-hydrogen) atoms. The number of benzene rings is 1. The zero-order valence-corrected chi connectivity index (χ0v) is 10.9. The maximum Gasteiger partial charge on any atom is 0.407 e. The van der Waals surface area contributed by atoms with E-state index in [1.54, 1.807) is 25.1 Å². The van der Waals surface area contributed by atoms with Crippen LogP contribution in [0.25, 0.3) is 0 Å². The van der Waals surface area contributed by atoms with Crippen molar-refractivity contribution in [1.29, 1.82) is 0 Å². The van der Waals surface area contributed by atoms with Crippen LogP contribution in [0.2, 0.25) is 10.0 Å². The van der Waals surface area contributed by atoms with Gasteiger partial charge in [-0.3, -0.25) is 0 Å². The number of amides is 1. The summed E-state index contributed by atoms with van der Waals surface area (Å²) < 4.78 is 0. The molecule has 1 rings (SSSR count). The van der Waals surface area contributed by atoms with Crippen molar-refractivity contribution in [1.82, 2.24) is 4.90 Å². The van der Waals surface area contributed by atoms with Crippen LogP contribution in [0, 0.1) is 0 Å². The second kappa shape index (κ2) is 6.10. The molecule has 1 aromatic carbocycles. The molecule has 1 aromatic rings. The Morgan fingerprint density at radius 2 is 2.18 bits per heavy atom. The molecule has 1 amide bonds. The molecular formula is C11H14Cl2N2O2. The van der Waals surface area contributed by atoms with Crippen molar-refractivity contribution >= 4 is 29.3 Å². The van der Waals surface area contributed by atoms with Crippen LogP contribution in [0.5, 0.6) is 0 Å². The Hall–Kier alpha value is -0.970. The van der Waals surface area contributed by atoms with Gasteiger partial charge in [-0.05, 0) is 18.6 Å². The van der Waals surface area contributed by atoms with Gasteiger partial charge in [0, 0.05) is 19.1 Å². The molecule has 0 aliphatic heterocycles. The summed E-state index contributed by atoms with van der Waals surface area (Å²) in [5, 5.41) is 9.70. The van der Waals surface area contributed by atoms with Crippen LogP contribution in [0.3, 0.4) is 0 Å². The molecule has 0 aromatic heterocycles.